The SMILES string of the molecule is O=C1NCCc2ccc(C(O)c3ccccc3)cc21. The van der Waals surface area contributed by atoms with Gasteiger partial charge in [-0.05, 0) is 29.2 Å². The molecule has 3 nitrogen and oxygen atoms in total. The van der Waals surface area contributed by atoms with Crippen molar-refractivity contribution >= 4 is 5.91 Å². The number of carbonyl (C=O) groups is 1. The fourth-order valence-electron chi connectivity index (χ4n) is 2.43. The lowest BCUT2D eigenvalue weighted by Crippen LogP contribution is -2.31. The van der Waals surface area contributed by atoms with Crippen molar-refractivity contribution < 1.29 is 9.90 Å². The molecule has 0 fully saturated rings. The first-order chi connectivity index (χ1) is 9.25. The number of nitrogens with one attached hydrogen (secondary N) is 1. The van der Waals surface area contributed by atoms with Crippen molar-refractivity contribution in [2.75, 3.05) is 6.54 Å². The molecule has 2 N–H and O–H groups in total. The molecular weight excluding hydrogens is 238 g/mol. The predicted octanol–water partition coefficient (Wildman–Crippen LogP) is 2.05. The molecule has 1 aliphatic heterocycles. The number of aliphatic hydroxyl groups is 1. The van der Waals surface area contributed by atoms with Crippen LogP contribution in [-0.4, -0.2) is 17.6 Å². The lowest BCUT2D eigenvalue weighted by Gasteiger charge is -2.19. The van der Waals surface area contributed by atoms with Gasteiger partial charge in [-0.25, -0.2) is 0 Å². The van der Waals surface area contributed by atoms with Gasteiger partial charge in [0.2, 0.25) is 0 Å². The van der Waals surface area contributed by atoms with Crippen LogP contribution in [0.3, 0.4) is 0 Å². The van der Waals surface area contributed by atoms with E-state index in [1.807, 2.05) is 42.5 Å². The first kappa shape index (κ1) is 11.9. The topological polar surface area (TPSA) is 49.3 Å². The fourth-order valence-corrected chi connectivity index (χ4v) is 2.43. The summed E-state index contributed by atoms with van der Waals surface area (Å²) in [6, 6.07) is 15.1. The lowest BCUT2D eigenvalue weighted by atomic mass is 9.94. The number of fused-ring (bicyclic) bond motifs is 1. The molecule has 96 valence electrons. The predicted molar refractivity (Wildman–Crippen MR) is 73.0 cm³/mol. The first-order valence-corrected chi connectivity index (χ1v) is 6.40. The number of carbonyl (C=O) groups excluding carboxylic acids is 1. The van der Waals surface area contributed by atoms with Crippen LogP contribution < -0.4 is 5.32 Å². The van der Waals surface area contributed by atoms with Gasteiger partial charge in [0.1, 0.15) is 6.10 Å². The highest BCUT2D eigenvalue weighted by Gasteiger charge is 2.19. The Balaban J connectivity index is 1.98. The molecule has 3 rings (SSSR count). The van der Waals surface area contributed by atoms with Gasteiger partial charge in [-0.3, -0.25) is 4.79 Å². The van der Waals surface area contributed by atoms with E-state index in [-0.39, 0.29) is 5.91 Å². The van der Waals surface area contributed by atoms with Gasteiger partial charge in [0, 0.05) is 12.1 Å². The Hall–Kier alpha value is -2.13. The quantitative estimate of drug-likeness (QED) is 0.860. The van der Waals surface area contributed by atoms with E-state index in [4.69, 9.17) is 0 Å². The average Bonchev–Trinajstić information content (AvgIpc) is 2.47. The third kappa shape index (κ3) is 2.25. The third-order valence-corrected chi connectivity index (χ3v) is 3.49. The van der Waals surface area contributed by atoms with E-state index in [0.717, 1.165) is 23.1 Å². The molecule has 2 aromatic rings. The number of rotatable bonds is 2. The van der Waals surface area contributed by atoms with Crippen LogP contribution >= 0.6 is 0 Å². The lowest BCUT2D eigenvalue weighted by molar-refractivity contribution is 0.0945. The molecule has 0 radical (unpaired) electrons. The number of hydrogen-bond acceptors (Lipinski definition) is 2. The smallest absolute Gasteiger partial charge is 0.251 e. The van der Waals surface area contributed by atoms with Crippen LogP contribution in [0.2, 0.25) is 0 Å². The van der Waals surface area contributed by atoms with Crippen LogP contribution in [0.15, 0.2) is 48.5 Å². The van der Waals surface area contributed by atoms with Crippen molar-refractivity contribution in [3.8, 4) is 0 Å². The van der Waals surface area contributed by atoms with E-state index in [0.29, 0.717) is 12.1 Å². The van der Waals surface area contributed by atoms with Gasteiger partial charge < -0.3 is 10.4 Å². The maximum Gasteiger partial charge on any atom is 0.251 e. The van der Waals surface area contributed by atoms with Crippen LogP contribution in [0, 0.1) is 0 Å². The molecule has 2 aromatic carbocycles. The van der Waals surface area contributed by atoms with E-state index in [1.165, 1.54) is 0 Å². The molecular formula is C16H15NO2. The minimum Gasteiger partial charge on any atom is -0.384 e. The molecule has 1 unspecified atom stereocenters. The molecule has 3 heteroatoms. The van der Waals surface area contributed by atoms with Crippen molar-refractivity contribution in [1.82, 2.24) is 5.32 Å². The zero-order chi connectivity index (χ0) is 13.2. The first-order valence-electron chi connectivity index (χ1n) is 6.40. The summed E-state index contributed by atoms with van der Waals surface area (Å²) in [5, 5.41) is 13.2. The summed E-state index contributed by atoms with van der Waals surface area (Å²) in [6.07, 6.45) is 0.157. The van der Waals surface area contributed by atoms with E-state index in [9.17, 15) is 9.90 Å². The van der Waals surface area contributed by atoms with Gasteiger partial charge in [-0.1, -0.05) is 42.5 Å². The van der Waals surface area contributed by atoms with Crippen molar-refractivity contribution in [3.05, 3.63) is 70.8 Å². The molecule has 1 atom stereocenters. The Kier molecular flexibility index (Phi) is 3.05. The average molecular weight is 253 g/mol. The highest BCUT2D eigenvalue weighted by atomic mass is 16.3. The van der Waals surface area contributed by atoms with Crippen LogP contribution in [0.5, 0.6) is 0 Å². The Morgan fingerprint density at radius 3 is 2.63 bits per heavy atom. The standard InChI is InChI=1S/C16H15NO2/c18-15(12-4-2-1-3-5-12)13-7-6-11-8-9-17-16(19)14(11)10-13/h1-7,10,15,18H,8-9H2,(H,17,19). The Bertz CT molecular complexity index is 607. The maximum atomic E-state index is 11.8. The van der Waals surface area contributed by atoms with Crippen molar-refractivity contribution in [2.45, 2.75) is 12.5 Å². The monoisotopic (exact) mass is 253 g/mol. The number of benzene rings is 2. The summed E-state index contributed by atoms with van der Waals surface area (Å²) in [5.41, 5.74) is 3.31. The highest BCUT2D eigenvalue weighted by Crippen LogP contribution is 2.25. The van der Waals surface area contributed by atoms with Crippen molar-refractivity contribution in [3.63, 3.8) is 0 Å². The Labute approximate surface area is 111 Å². The van der Waals surface area contributed by atoms with Crippen LogP contribution in [-0.2, 0) is 6.42 Å². The summed E-state index contributed by atoms with van der Waals surface area (Å²) < 4.78 is 0. The summed E-state index contributed by atoms with van der Waals surface area (Å²) in [4.78, 5) is 11.8. The third-order valence-electron chi connectivity index (χ3n) is 3.49. The van der Waals surface area contributed by atoms with Crippen LogP contribution in [0.1, 0.15) is 33.2 Å². The van der Waals surface area contributed by atoms with Gasteiger partial charge in [0.25, 0.3) is 5.91 Å². The number of amides is 1. The fraction of sp³-hybridized carbons (Fsp3) is 0.188. The zero-order valence-electron chi connectivity index (χ0n) is 10.5. The molecule has 0 aromatic heterocycles. The van der Waals surface area contributed by atoms with Gasteiger partial charge in [0.15, 0.2) is 0 Å². The van der Waals surface area contributed by atoms with Crippen molar-refractivity contribution in [2.24, 2.45) is 0 Å². The summed E-state index contributed by atoms with van der Waals surface area (Å²) in [6.45, 7) is 0.687. The zero-order valence-corrected chi connectivity index (χ0v) is 10.5. The minimum atomic E-state index is -0.693. The van der Waals surface area contributed by atoms with Gasteiger partial charge in [-0.15, -0.1) is 0 Å². The van der Waals surface area contributed by atoms with Gasteiger partial charge >= 0.3 is 0 Å². The second-order valence-corrected chi connectivity index (χ2v) is 4.74. The summed E-state index contributed by atoms with van der Waals surface area (Å²) in [5.74, 6) is -0.0524. The summed E-state index contributed by atoms with van der Waals surface area (Å²) >= 11 is 0. The molecule has 1 aliphatic rings. The highest BCUT2D eigenvalue weighted by molar-refractivity contribution is 5.96. The van der Waals surface area contributed by atoms with Crippen molar-refractivity contribution in [1.29, 1.82) is 0 Å². The Morgan fingerprint density at radius 2 is 1.84 bits per heavy atom. The van der Waals surface area contributed by atoms with E-state index in [1.54, 1.807) is 6.07 Å². The van der Waals surface area contributed by atoms with Gasteiger partial charge in [0.05, 0.1) is 0 Å². The van der Waals surface area contributed by atoms with E-state index in [2.05, 4.69) is 5.32 Å². The number of aliphatic hydroxyl groups excluding tert-OH is 1. The second-order valence-electron chi connectivity index (χ2n) is 4.74. The largest absolute Gasteiger partial charge is 0.384 e. The van der Waals surface area contributed by atoms with E-state index < -0.39 is 6.10 Å². The van der Waals surface area contributed by atoms with Gasteiger partial charge in [-0.2, -0.15) is 0 Å². The minimum absolute atomic E-state index is 0.0524. The second kappa shape index (κ2) is 4.86. The molecule has 19 heavy (non-hydrogen) atoms. The Morgan fingerprint density at radius 1 is 1.05 bits per heavy atom. The number of hydrogen-bond donors (Lipinski definition) is 2. The molecule has 0 aliphatic carbocycles. The maximum absolute atomic E-state index is 11.8. The molecule has 0 spiro atoms. The normalized spacial score (nSPS) is 15.5. The summed E-state index contributed by atoms with van der Waals surface area (Å²) in [7, 11) is 0. The van der Waals surface area contributed by atoms with E-state index >= 15 is 0 Å². The molecule has 1 heterocycles. The van der Waals surface area contributed by atoms with Crippen LogP contribution in [0.4, 0.5) is 0 Å². The molecule has 0 saturated carbocycles. The van der Waals surface area contributed by atoms with Crippen LogP contribution in [0.25, 0.3) is 0 Å². The molecule has 1 amide bonds. The molecule has 0 bridgehead atoms. The molecule has 0 saturated heterocycles.